The Bertz CT molecular complexity index is 377. The van der Waals surface area contributed by atoms with Crippen LogP contribution in [0.25, 0.3) is 0 Å². The Morgan fingerprint density at radius 3 is 3.00 bits per heavy atom. The third kappa shape index (κ3) is 1.85. The number of pyridine rings is 1. The number of nitrogens with zero attached hydrogens (tertiary/aromatic N) is 2. The van der Waals surface area contributed by atoms with Crippen LogP contribution in [0.2, 0.25) is 0 Å². The molecule has 0 saturated heterocycles. The van der Waals surface area contributed by atoms with E-state index in [1.165, 1.54) is 0 Å². The van der Waals surface area contributed by atoms with Crippen LogP contribution in [0.15, 0.2) is 12.3 Å². The lowest BCUT2D eigenvalue weighted by molar-refractivity contribution is 0.299. The molecule has 1 fully saturated rings. The summed E-state index contributed by atoms with van der Waals surface area (Å²) in [5.74, 6) is 0.842. The van der Waals surface area contributed by atoms with Crippen molar-refractivity contribution in [2.45, 2.75) is 32.3 Å². The van der Waals surface area contributed by atoms with E-state index in [0.717, 1.165) is 30.6 Å². The van der Waals surface area contributed by atoms with Gasteiger partial charge in [0.15, 0.2) is 0 Å². The zero-order valence-electron chi connectivity index (χ0n) is 8.16. The monoisotopic (exact) mass is 188 g/mol. The second-order valence-corrected chi connectivity index (χ2v) is 3.46. The number of aromatic nitrogens is 1. The molecule has 1 aliphatic carbocycles. The summed E-state index contributed by atoms with van der Waals surface area (Å²) in [4.78, 5) is 4.00. The first-order chi connectivity index (χ1) is 6.83. The van der Waals surface area contributed by atoms with Gasteiger partial charge in [-0.1, -0.05) is 6.92 Å². The Morgan fingerprint density at radius 1 is 1.64 bits per heavy atom. The summed E-state index contributed by atoms with van der Waals surface area (Å²) in [5, 5.41) is 8.69. The van der Waals surface area contributed by atoms with Crippen molar-refractivity contribution < 1.29 is 4.74 Å². The molecule has 0 spiro atoms. The van der Waals surface area contributed by atoms with Crippen LogP contribution in [-0.4, -0.2) is 11.1 Å². The lowest BCUT2D eigenvalue weighted by Gasteiger charge is -2.08. The summed E-state index contributed by atoms with van der Waals surface area (Å²) >= 11 is 0. The minimum absolute atomic E-state index is 0.384. The Hall–Kier alpha value is -1.56. The van der Waals surface area contributed by atoms with Crippen LogP contribution in [0.3, 0.4) is 0 Å². The van der Waals surface area contributed by atoms with Crippen LogP contribution in [-0.2, 0) is 6.42 Å². The van der Waals surface area contributed by atoms with Crippen molar-refractivity contribution in [2.24, 2.45) is 0 Å². The number of hydrogen-bond donors (Lipinski definition) is 0. The van der Waals surface area contributed by atoms with Crippen molar-refractivity contribution in [1.29, 1.82) is 5.26 Å². The first-order valence-corrected chi connectivity index (χ1v) is 4.89. The van der Waals surface area contributed by atoms with Crippen molar-refractivity contribution in [1.82, 2.24) is 4.98 Å². The molecule has 0 atom stereocenters. The molecule has 72 valence electrons. The van der Waals surface area contributed by atoms with E-state index in [4.69, 9.17) is 10.00 Å². The minimum Gasteiger partial charge on any atom is -0.489 e. The number of hydrogen-bond acceptors (Lipinski definition) is 3. The lowest BCUT2D eigenvalue weighted by atomic mass is 10.1. The summed E-state index contributed by atoms with van der Waals surface area (Å²) in [6, 6.07) is 3.83. The molecule has 14 heavy (non-hydrogen) atoms. The van der Waals surface area contributed by atoms with Gasteiger partial charge in [0, 0.05) is 0 Å². The quantitative estimate of drug-likeness (QED) is 0.729. The van der Waals surface area contributed by atoms with Gasteiger partial charge in [-0.2, -0.15) is 5.26 Å². The van der Waals surface area contributed by atoms with Crippen molar-refractivity contribution in [3.63, 3.8) is 0 Å². The van der Waals surface area contributed by atoms with Gasteiger partial charge in [-0.05, 0) is 30.9 Å². The van der Waals surface area contributed by atoms with E-state index in [-0.39, 0.29) is 0 Å². The average Bonchev–Trinajstić information content (AvgIpc) is 3.02. The van der Waals surface area contributed by atoms with Gasteiger partial charge in [-0.3, -0.25) is 0 Å². The van der Waals surface area contributed by atoms with Gasteiger partial charge >= 0.3 is 0 Å². The molecule has 1 heterocycles. The summed E-state index contributed by atoms with van der Waals surface area (Å²) in [7, 11) is 0. The van der Waals surface area contributed by atoms with Gasteiger partial charge in [0.2, 0.25) is 0 Å². The van der Waals surface area contributed by atoms with Gasteiger partial charge in [0.05, 0.1) is 12.3 Å². The Morgan fingerprint density at radius 2 is 2.43 bits per heavy atom. The van der Waals surface area contributed by atoms with E-state index < -0.39 is 0 Å². The molecule has 2 rings (SSSR count). The molecular weight excluding hydrogens is 176 g/mol. The predicted octanol–water partition coefficient (Wildman–Crippen LogP) is 2.06. The van der Waals surface area contributed by atoms with Gasteiger partial charge in [0.25, 0.3) is 0 Å². The number of rotatable bonds is 3. The molecule has 0 amide bonds. The molecule has 3 heteroatoms. The number of nitriles is 1. The number of aryl methyl sites for hydroxylation is 1. The first kappa shape index (κ1) is 9.01. The molecule has 0 aliphatic heterocycles. The van der Waals surface area contributed by atoms with Crippen LogP contribution in [0.5, 0.6) is 5.75 Å². The maximum absolute atomic E-state index is 8.69. The van der Waals surface area contributed by atoms with Crippen molar-refractivity contribution in [3.05, 3.63) is 23.5 Å². The fourth-order valence-electron chi connectivity index (χ4n) is 1.29. The molecule has 3 nitrogen and oxygen atoms in total. The SMILES string of the molecule is CCc1cc(C#N)ncc1OC1CC1. The molecule has 0 aromatic carbocycles. The van der Waals surface area contributed by atoms with E-state index >= 15 is 0 Å². The highest BCUT2D eigenvalue weighted by Crippen LogP contribution is 2.29. The van der Waals surface area contributed by atoms with Crippen molar-refractivity contribution in [3.8, 4) is 11.8 Å². The summed E-state index contributed by atoms with van der Waals surface area (Å²) < 4.78 is 5.67. The minimum atomic E-state index is 0.384. The highest BCUT2D eigenvalue weighted by atomic mass is 16.5. The second-order valence-electron chi connectivity index (χ2n) is 3.46. The molecule has 0 unspecified atom stereocenters. The molecule has 0 bridgehead atoms. The maximum atomic E-state index is 8.69. The van der Waals surface area contributed by atoms with Gasteiger partial charge in [0.1, 0.15) is 17.5 Å². The fraction of sp³-hybridized carbons (Fsp3) is 0.455. The standard InChI is InChI=1S/C11H12N2O/c1-2-8-5-9(6-12)13-7-11(8)14-10-3-4-10/h5,7,10H,2-4H2,1H3. The van der Waals surface area contributed by atoms with E-state index in [0.29, 0.717) is 11.8 Å². The Labute approximate surface area is 83.3 Å². The van der Waals surface area contributed by atoms with Crippen LogP contribution in [0, 0.1) is 11.3 Å². The van der Waals surface area contributed by atoms with E-state index in [2.05, 4.69) is 11.9 Å². The predicted molar refractivity (Wildman–Crippen MR) is 52.0 cm³/mol. The van der Waals surface area contributed by atoms with Gasteiger partial charge in [-0.25, -0.2) is 4.98 Å². The molecule has 1 aromatic rings. The van der Waals surface area contributed by atoms with E-state index in [1.807, 2.05) is 6.07 Å². The Balaban J connectivity index is 2.25. The molecule has 0 N–H and O–H groups in total. The summed E-state index contributed by atoms with van der Waals surface area (Å²) in [6.45, 7) is 2.05. The van der Waals surface area contributed by atoms with Crippen LogP contribution >= 0.6 is 0 Å². The van der Waals surface area contributed by atoms with Crippen molar-refractivity contribution in [2.75, 3.05) is 0 Å². The highest BCUT2D eigenvalue weighted by molar-refractivity contribution is 5.36. The zero-order chi connectivity index (χ0) is 9.97. The van der Waals surface area contributed by atoms with E-state index in [9.17, 15) is 0 Å². The smallest absolute Gasteiger partial charge is 0.141 e. The Kier molecular flexibility index (Phi) is 2.36. The topological polar surface area (TPSA) is 45.9 Å². The van der Waals surface area contributed by atoms with E-state index in [1.54, 1.807) is 12.3 Å². The lowest BCUT2D eigenvalue weighted by Crippen LogP contribution is -2.00. The molecule has 1 aliphatic rings. The van der Waals surface area contributed by atoms with Crippen LogP contribution in [0.1, 0.15) is 31.0 Å². The van der Waals surface area contributed by atoms with Gasteiger partial charge < -0.3 is 4.74 Å². The second kappa shape index (κ2) is 3.67. The van der Waals surface area contributed by atoms with Gasteiger partial charge in [-0.15, -0.1) is 0 Å². The zero-order valence-corrected chi connectivity index (χ0v) is 8.16. The highest BCUT2D eigenvalue weighted by Gasteiger charge is 2.24. The molecule has 1 aromatic heterocycles. The molecular formula is C11H12N2O. The van der Waals surface area contributed by atoms with Crippen LogP contribution in [0.4, 0.5) is 0 Å². The maximum Gasteiger partial charge on any atom is 0.141 e. The largest absolute Gasteiger partial charge is 0.489 e. The van der Waals surface area contributed by atoms with Crippen molar-refractivity contribution >= 4 is 0 Å². The third-order valence-corrected chi connectivity index (χ3v) is 2.26. The van der Waals surface area contributed by atoms with Crippen LogP contribution < -0.4 is 4.74 Å². The number of ether oxygens (including phenoxy) is 1. The first-order valence-electron chi connectivity index (χ1n) is 4.89. The normalized spacial score (nSPS) is 14.9. The molecule has 0 radical (unpaired) electrons. The summed E-state index contributed by atoms with van der Waals surface area (Å²) in [5.41, 5.74) is 1.54. The fourth-order valence-corrected chi connectivity index (χ4v) is 1.29. The average molecular weight is 188 g/mol. The third-order valence-electron chi connectivity index (χ3n) is 2.26. The summed E-state index contributed by atoms with van der Waals surface area (Å²) in [6.07, 6.45) is 5.20. The molecule has 1 saturated carbocycles.